The number of hydrogen-bond donors (Lipinski definition) is 3. The van der Waals surface area contributed by atoms with E-state index in [1.165, 1.54) is 83.5 Å². The molecule has 0 aliphatic carbocycles. The van der Waals surface area contributed by atoms with Gasteiger partial charge in [0, 0.05) is 6.42 Å². The van der Waals surface area contributed by atoms with Crippen molar-refractivity contribution < 1.29 is 15.0 Å². The van der Waals surface area contributed by atoms with Gasteiger partial charge in [-0.05, 0) is 64.2 Å². The Balaban J connectivity index is 3.63. The number of aliphatic hydroxyl groups excluding tert-OH is 2. The van der Waals surface area contributed by atoms with E-state index in [4.69, 9.17) is 0 Å². The van der Waals surface area contributed by atoms with Crippen molar-refractivity contribution in [1.82, 2.24) is 5.32 Å². The van der Waals surface area contributed by atoms with E-state index in [1.54, 1.807) is 0 Å². The molecule has 0 bridgehead atoms. The average molecular weight is 682 g/mol. The summed E-state index contributed by atoms with van der Waals surface area (Å²) < 4.78 is 0. The average Bonchev–Trinajstić information content (AvgIpc) is 3.10. The first-order valence-electron chi connectivity index (χ1n) is 20.6. The highest BCUT2D eigenvalue weighted by molar-refractivity contribution is 5.76. The van der Waals surface area contributed by atoms with E-state index in [0.29, 0.717) is 12.8 Å². The minimum atomic E-state index is -0.668. The van der Waals surface area contributed by atoms with E-state index in [0.717, 1.165) is 77.0 Å². The standard InChI is InChI=1S/C45H79NO3/c1-3-5-7-9-11-13-15-17-18-19-20-21-22-23-24-25-26-27-28-29-31-33-35-37-39-41-45(49)46-43(42-47)44(48)40-38-36-34-32-30-16-14-12-10-8-6-4-2/h5,7,11,13,17-18,20-21,23-24,26-27,43-44,47-48H,3-4,6,8-10,12,14-16,19,22,25,28-42H2,1-2H3,(H,46,49)/b7-5-,13-11-,18-17-,21-20-,24-23-,27-26-. The van der Waals surface area contributed by atoms with Crippen molar-refractivity contribution in [2.24, 2.45) is 0 Å². The van der Waals surface area contributed by atoms with Gasteiger partial charge in [-0.15, -0.1) is 0 Å². The zero-order valence-electron chi connectivity index (χ0n) is 32.2. The van der Waals surface area contributed by atoms with E-state index < -0.39 is 12.1 Å². The Hall–Kier alpha value is -2.17. The summed E-state index contributed by atoms with van der Waals surface area (Å²) in [5, 5.41) is 23.1. The van der Waals surface area contributed by atoms with E-state index in [1.807, 2.05) is 0 Å². The molecular formula is C45H79NO3. The molecule has 2 unspecified atom stereocenters. The van der Waals surface area contributed by atoms with Crippen LogP contribution in [0.5, 0.6) is 0 Å². The molecule has 282 valence electrons. The molecule has 0 aliphatic rings. The van der Waals surface area contributed by atoms with Crippen LogP contribution in [0.3, 0.4) is 0 Å². The highest BCUT2D eigenvalue weighted by Gasteiger charge is 2.19. The Morgan fingerprint density at radius 1 is 0.510 bits per heavy atom. The van der Waals surface area contributed by atoms with Crippen molar-refractivity contribution in [2.45, 2.75) is 199 Å². The van der Waals surface area contributed by atoms with Crippen LogP contribution in [0, 0.1) is 0 Å². The third kappa shape index (κ3) is 36.9. The van der Waals surface area contributed by atoms with E-state index in [2.05, 4.69) is 92.1 Å². The number of rotatable bonds is 36. The Labute approximate surface area is 304 Å². The predicted molar refractivity (Wildman–Crippen MR) is 216 cm³/mol. The Bertz CT molecular complexity index is 868. The predicted octanol–water partition coefficient (Wildman–Crippen LogP) is 12.7. The molecule has 0 aliphatic heterocycles. The number of nitrogens with one attached hydrogen (secondary N) is 1. The second-order valence-corrected chi connectivity index (χ2v) is 13.7. The monoisotopic (exact) mass is 682 g/mol. The molecule has 0 spiro atoms. The van der Waals surface area contributed by atoms with Crippen LogP contribution in [0.25, 0.3) is 0 Å². The second-order valence-electron chi connectivity index (χ2n) is 13.7. The summed E-state index contributed by atoms with van der Waals surface area (Å²) in [4.78, 5) is 12.4. The topological polar surface area (TPSA) is 69.6 Å². The minimum Gasteiger partial charge on any atom is -0.394 e. The lowest BCUT2D eigenvalue weighted by Crippen LogP contribution is -2.45. The summed E-state index contributed by atoms with van der Waals surface area (Å²) >= 11 is 0. The molecule has 0 aromatic heterocycles. The fraction of sp³-hybridized carbons (Fsp3) is 0.711. The molecule has 1 amide bonds. The lowest BCUT2D eigenvalue weighted by Gasteiger charge is -2.22. The van der Waals surface area contributed by atoms with Gasteiger partial charge >= 0.3 is 0 Å². The molecule has 0 aromatic carbocycles. The highest BCUT2D eigenvalue weighted by atomic mass is 16.3. The van der Waals surface area contributed by atoms with E-state index in [9.17, 15) is 15.0 Å². The molecule has 2 atom stereocenters. The second kappa shape index (κ2) is 40.3. The van der Waals surface area contributed by atoms with Crippen molar-refractivity contribution in [3.8, 4) is 0 Å². The molecule has 0 heterocycles. The number of amides is 1. The first-order chi connectivity index (χ1) is 24.2. The molecular weight excluding hydrogens is 602 g/mol. The smallest absolute Gasteiger partial charge is 0.220 e. The van der Waals surface area contributed by atoms with Gasteiger partial charge in [-0.25, -0.2) is 0 Å². The van der Waals surface area contributed by atoms with Crippen LogP contribution in [0.4, 0.5) is 0 Å². The maximum Gasteiger partial charge on any atom is 0.220 e. The number of aliphatic hydroxyl groups is 2. The molecule has 49 heavy (non-hydrogen) atoms. The van der Waals surface area contributed by atoms with Gasteiger partial charge < -0.3 is 15.5 Å². The maximum atomic E-state index is 12.4. The van der Waals surface area contributed by atoms with Crippen molar-refractivity contribution >= 4 is 5.91 Å². The van der Waals surface area contributed by atoms with E-state index in [-0.39, 0.29) is 12.5 Å². The van der Waals surface area contributed by atoms with Crippen LogP contribution in [0.1, 0.15) is 187 Å². The zero-order valence-corrected chi connectivity index (χ0v) is 32.2. The molecule has 0 saturated carbocycles. The van der Waals surface area contributed by atoms with Crippen LogP contribution in [0.15, 0.2) is 72.9 Å². The van der Waals surface area contributed by atoms with Gasteiger partial charge in [0.05, 0.1) is 18.8 Å². The molecule has 0 aromatic rings. The molecule has 3 N–H and O–H groups in total. The van der Waals surface area contributed by atoms with Gasteiger partial charge in [-0.3, -0.25) is 4.79 Å². The van der Waals surface area contributed by atoms with Gasteiger partial charge in [-0.1, -0.05) is 189 Å². The molecule has 0 saturated heterocycles. The van der Waals surface area contributed by atoms with Crippen LogP contribution in [-0.2, 0) is 4.79 Å². The Kier molecular flexibility index (Phi) is 38.5. The van der Waals surface area contributed by atoms with E-state index >= 15 is 0 Å². The summed E-state index contributed by atoms with van der Waals surface area (Å²) in [6.45, 7) is 4.22. The number of carbonyl (C=O) groups is 1. The Morgan fingerprint density at radius 2 is 0.898 bits per heavy atom. The fourth-order valence-electron chi connectivity index (χ4n) is 5.83. The first kappa shape index (κ1) is 46.8. The third-order valence-corrected chi connectivity index (χ3v) is 8.98. The van der Waals surface area contributed by atoms with Gasteiger partial charge in [0.15, 0.2) is 0 Å². The maximum absolute atomic E-state index is 12.4. The van der Waals surface area contributed by atoms with Gasteiger partial charge in [0.2, 0.25) is 5.91 Å². The van der Waals surface area contributed by atoms with Crippen LogP contribution in [-0.4, -0.2) is 34.9 Å². The molecule has 0 fully saturated rings. The van der Waals surface area contributed by atoms with Crippen molar-refractivity contribution in [1.29, 1.82) is 0 Å². The zero-order chi connectivity index (χ0) is 35.7. The normalized spacial score (nSPS) is 13.8. The van der Waals surface area contributed by atoms with Crippen molar-refractivity contribution in [2.75, 3.05) is 6.61 Å². The first-order valence-corrected chi connectivity index (χ1v) is 20.6. The summed E-state index contributed by atoms with van der Waals surface area (Å²) in [5.74, 6) is -0.0505. The van der Waals surface area contributed by atoms with Gasteiger partial charge in [0.1, 0.15) is 0 Å². The molecule has 4 nitrogen and oxygen atoms in total. The SMILES string of the molecule is CC/C=C\C/C=C\C/C=C\C/C=C\C/C=C\C/C=C\CCCCCCCCC(=O)NC(CO)C(O)CCCCCCCCCCCCCC. The fourth-order valence-corrected chi connectivity index (χ4v) is 5.83. The highest BCUT2D eigenvalue weighted by Crippen LogP contribution is 2.14. The summed E-state index contributed by atoms with van der Waals surface area (Å²) in [6.07, 6.45) is 56.8. The van der Waals surface area contributed by atoms with Crippen LogP contribution < -0.4 is 5.32 Å². The Morgan fingerprint density at radius 3 is 1.35 bits per heavy atom. The number of unbranched alkanes of at least 4 members (excludes halogenated alkanes) is 17. The number of allylic oxidation sites excluding steroid dienone is 12. The quantitative estimate of drug-likeness (QED) is 0.0455. The lowest BCUT2D eigenvalue weighted by molar-refractivity contribution is -0.123. The summed E-state index contributed by atoms with van der Waals surface area (Å²) in [5.41, 5.74) is 0. The number of carbonyl (C=O) groups excluding carboxylic acids is 1. The number of hydrogen-bond acceptors (Lipinski definition) is 3. The summed E-state index contributed by atoms with van der Waals surface area (Å²) in [6, 6.07) is -0.547. The van der Waals surface area contributed by atoms with Gasteiger partial charge in [-0.2, -0.15) is 0 Å². The lowest BCUT2D eigenvalue weighted by atomic mass is 10.0. The van der Waals surface area contributed by atoms with Gasteiger partial charge in [0.25, 0.3) is 0 Å². The minimum absolute atomic E-state index is 0.0505. The molecule has 0 radical (unpaired) electrons. The van der Waals surface area contributed by atoms with Crippen molar-refractivity contribution in [3.63, 3.8) is 0 Å². The third-order valence-electron chi connectivity index (χ3n) is 8.98. The molecule has 0 rings (SSSR count). The summed E-state index contributed by atoms with van der Waals surface area (Å²) in [7, 11) is 0. The van der Waals surface area contributed by atoms with Crippen molar-refractivity contribution in [3.05, 3.63) is 72.9 Å². The molecule has 4 heteroatoms. The van der Waals surface area contributed by atoms with Crippen LogP contribution in [0.2, 0.25) is 0 Å². The largest absolute Gasteiger partial charge is 0.394 e. The van der Waals surface area contributed by atoms with Crippen LogP contribution >= 0.6 is 0 Å².